The van der Waals surface area contributed by atoms with Gasteiger partial charge in [0.1, 0.15) is 5.78 Å². The lowest BCUT2D eigenvalue weighted by atomic mass is 10.0. The van der Waals surface area contributed by atoms with E-state index in [0.717, 1.165) is 19.3 Å². The molecular weight excluding hydrogens is 304 g/mol. The summed E-state index contributed by atoms with van der Waals surface area (Å²) in [5.41, 5.74) is 0. The monoisotopic (exact) mass is 351 g/mol. The number of Topliss-reactive ketones (excluding diaryl/α,β-unsaturated/α-hetero) is 1. The van der Waals surface area contributed by atoms with Gasteiger partial charge in [0.15, 0.2) is 0 Å². The summed E-state index contributed by atoms with van der Waals surface area (Å²) < 4.78 is 0. The van der Waals surface area contributed by atoms with Crippen molar-refractivity contribution in [2.45, 2.75) is 142 Å². The van der Waals surface area contributed by atoms with Crippen LogP contribution in [-0.4, -0.2) is 5.78 Å². The maximum absolute atomic E-state index is 11.8. The van der Waals surface area contributed by atoms with Gasteiger partial charge in [0, 0.05) is 12.8 Å². The van der Waals surface area contributed by atoms with Crippen LogP contribution < -0.4 is 0 Å². The first-order valence-corrected chi connectivity index (χ1v) is 11.6. The van der Waals surface area contributed by atoms with Crippen molar-refractivity contribution in [1.29, 1.82) is 0 Å². The fourth-order valence-corrected chi connectivity index (χ4v) is 3.42. The van der Waals surface area contributed by atoms with Crippen molar-refractivity contribution in [3.05, 3.63) is 6.42 Å². The molecule has 0 N–H and O–H groups in total. The highest BCUT2D eigenvalue weighted by Gasteiger charge is 2.02. The number of rotatable bonds is 21. The van der Waals surface area contributed by atoms with Gasteiger partial charge >= 0.3 is 0 Å². The molecule has 0 spiro atoms. The molecule has 0 aromatic carbocycles. The molecule has 0 amide bonds. The van der Waals surface area contributed by atoms with Gasteiger partial charge in [0.25, 0.3) is 0 Å². The second-order valence-corrected chi connectivity index (χ2v) is 7.87. The predicted molar refractivity (Wildman–Crippen MR) is 113 cm³/mol. The third kappa shape index (κ3) is 21.6. The van der Waals surface area contributed by atoms with Crippen LogP contribution in [0.2, 0.25) is 0 Å². The molecule has 0 aliphatic carbocycles. The average Bonchev–Trinajstić information content (AvgIpc) is 2.62. The Morgan fingerprint density at radius 3 is 1.44 bits per heavy atom. The first-order chi connectivity index (χ1) is 12.3. The molecule has 1 radical (unpaired) electrons. The van der Waals surface area contributed by atoms with Crippen molar-refractivity contribution < 1.29 is 4.79 Å². The zero-order valence-electron chi connectivity index (χ0n) is 17.6. The first-order valence-electron chi connectivity index (χ1n) is 11.6. The van der Waals surface area contributed by atoms with Crippen LogP contribution in [0.1, 0.15) is 142 Å². The number of hydrogen-bond donors (Lipinski definition) is 0. The summed E-state index contributed by atoms with van der Waals surface area (Å²) >= 11 is 0. The normalized spacial score (nSPS) is 11.1. The quantitative estimate of drug-likeness (QED) is 0.189. The zero-order valence-corrected chi connectivity index (χ0v) is 17.6. The van der Waals surface area contributed by atoms with Crippen LogP contribution in [0.4, 0.5) is 0 Å². The molecule has 0 unspecified atom stereocenters. The van der Waals surface area contributed by atoms with E-state index in [2.05, 4.69) is 20.3 Å². The lowest BCUT2D eigenvalue weighted by Crippen LogP contribution is -1.98. The fourth-order valence-electron chi connectivity index (χ4n) is 3.42. The molecule has 0 heterocycles. The minimum atomic E-state index is 0.457. The third-order valence-electron chi connectivity index (χ3n) is 5.19. The van der Waals surface area contributed by atoms with Crippen LogP contribution in [0.25, 0.3) is 0 Å². The van der Waals surface area contributed by atoms with E-state index in [1.807, 2.05) is 0 Å². The topological polar surface area (TPSA) is 17.1 Å². The summed E-state index contributed by atoms with van der Waals surface area (Å²) in [7, 11) is 0. The Morgan fingerprint density at radius 1 is 0.560 bits per heavy atom. The predicted octanol–water partition coefficient (Wildman–Crippen LogP) is 8.60. The maximum Gasteiger partial charge on any atom is 0.133 e. The van der Waals surface area contributed by atoms with E-state index in [-0.39, 0.29) is 0 Å². The molecule has 0 rings (SSSR count). The zero-order chi connectivity index (χ0) is 18.4. The van der Waals surface area contributed by atoms with E-state index in [4.69, 9.17) is 0 Å². The molecule has 0 aromatic heterocycles. The van der Waals surface area contributed by atoms with Crippen LogP contribution in [-0.2, 0) is 4.79 Å². The number of hydrogen-bond acceptors (Lipinski definition) is 1. The summed E-state index contributed by atoms with van der Waals surface area (Å²) in [6.07, 6.45) is 27.9. The molecule has 0 aliphatic rings. The van der Waals surface area contributed by atoms with Gasteiger partial charge < -0.3 is 0 Å². The molecule has 0 aromatic rings. The van der Waals surface area contributed by atoms with Gasteiger partial charge in [-0.2, -0.15) is 0 Å². The van der Waals surface area contributed by atoms with Crippen molar-refractivity contribution >= 4 is 5.78 Å². The Bertz CT molecular complexity index is 259. The van der Waals surface area contributed by atoms with E-state index < -0.39 is 0 Å². The molecule has 1 nitrogen and oxygen atoms in total. The molecule has 0 saturated carbocycles. The van der Waals surface area contributed by atoms with Crippen LogP contribution in [0.3, 0.4) is 0 Å². The summed E-state index contributed by atoms with van der Waals surface area (Å²) in [5.74, 6) is 0.457. The number of ketones is 1. The number of carbonyl (C=O) groups excluding carboxylic acids is 1. The molecule has 0 fully saturated rings. The van der Waals surface area contributed by atoms with Gasteiger partial charge in [0.05, 0.1) is 0 Å². The van der Waals surface area contributed by atoms with Crippen LogP contribution in [0.15, 0.2) is 0 Å². The van der Waals surface area contributed by atoms with Crippen molar-refractivity contribution in [3.63, 3.8) is 0 Å². The standard InChI is InChI=1S/C24H47O/c1-3-5-7-9-11-12-13-14-15-16-17-19-21-23-24(25)22-20-18-10-8-6-4-2/h20H,3-19,21-23H2,1-2H3. The summed E-state index contributed by atoms with van der Waals surface area (Å²) in [4.78, 5) is 11.8. The Balaban J connectivity index is 3.11. The van der Waals surface area contributed by atoms with Crippen LogP contribution >= 0.6 is 0 Å². The molecule has 0 bridgehead atoms. The van der Waals surface area contributed by atoms with Gasteiger partial charge in [-0.25, -0.2) is 0 Å². The Labute approximate surface area is 159 Å². The summed E-state index contributed by atoms with van der Waals surface area (Å²) in [6, 6.07) is 0. The fraction of sp³-hybridized carbons (Fsp3) is 0.917. The van der Waals surface area contributed by atoms with Gasteiger partial charge in [-0.05, 0) is 19.3 Å². The van der Waals surface area contributed by atoms with Crippen LogP contribution in [0, 0.1) is 6.42 Å². The van der Waals surface area contributed by atoms with Gasteiger partial charge in [0.2, 0.25) is 0 Å². The smallest absolute Gasteiger partial charge is 0.133 e. The molecule has 0 aliphatic heterocycles. The van der Waals surface area contributed by atoms with Crippen molar-refractivity contribution in [1.82, 2.24) is 0 Å². The maximum atomic E-state index is 11.8. The van der Waals surface area contributed by atoms with E-state index in [0.29, 0.717) is 12.2 Å². The van der Waals surface area contributed by atoms with Crippen molar-refractivity contribution in [2.75, 3.05) is 0 Å². The lowest BCUT2D eigenvalue weighted by molar-refractivity contribution is -0.118. The summed E-state index contributed by atoms with van der Waals surface area (Å²) in [5, 5.41) is 0. The average molecular weight is 352 g/mol. The highest BCUT2D eigenvalue weighted by Crippen LogP contribution is 2.14. The Morgan fingerprint density at radius 2 is 0.960 bits per heavy atom. The second kappa shape index (κ2) is 21.7. The van der Waals surface area contributed by atoms with Crippen molar-refractivity contribution in [3.8, 4) is 0 Å². The first kappa shape index (κ1) is 24.7. The number of unbranched alkanes of at least 4 members (excludes halogenated alkanes) is 17. The van der Waals surface area contributed by atoms with Gasteiger partial charge in [-0.15, -0.1) is 0 Å². The largest absolute Gasteiger partial charge is 0.300 e. The molecular formula is C24H47O. The molecule has 0 saturated heterocycles. The molecule has 1 heteroatoms. The van der Waals surface area contributed by atoms with Gasteiger partial charge in [-0.3, -0.25) is 4.79 Å². The molecule has 149 valence electrons. The third-order valence-corrected chi connectivity index (χ3v) is 5.19. The van der Waals surface area contributed by atoms with E-state index in [1.165, 1.54) is 103 Å². The summed E-state index contributed by atoms with van der Waals surface area (Å²) in [6.45, 7) is 4.52. The molecule has 0 atom stereocenters. The Hall–Kier alpha value is -0.330. The SMILES string of the molecule is CCCCCC[CH]CC(=O)CCCCCCCCCCCCCCC. The second-order valence-electron chi connectivity index (χ2n) is 7.87. The molecule has 25 heavy (non-hydrogen) atoms. The van der Waals surface area contributed by atoms with Gasteiger partial charge in [-0.1, -0.05) is 117 Å². The van der Waals surface area contributed by atoms with E-state index in [9.17, 15) is 4.79 Å². The van der Waals surface area contributed by atoms with Crippen LogP contribution in [0.5, 0.6) is 0 Å². The van der Waals surface area contributed by atoms with E-state index in [1.54, 1.807) is 0 Å². The number of carbonyl (C=O) groups is 1. The highest BCUT2D eigenvalue weighted by molar-refractivity contribution is 5.79. The minimum Gasteiger partial charge on any atom is -0.300 e. The van der Waals surface area contributed by atoms with E-state index >= 15 is 0 Å². The Kier molecular flexibility index (Phi) is 21.4. The lowest BCUT2D eigenvalue weighted by Gasteiger charge is -2.03. The highest BCUT2D eigenvalue weighted by atomic mass is 16.1. The minimum absolute atomic E-state index is 0.457. The van der Waals surface area contributed by atoms with Crippen molar-refractivity contribution in [2.24, 2.45) is 0 Å².